The fraction of sp³-hybridized carbons (Fsp3) is 0.778. The van der Waals surface area contributed by atoms with E-state index in [1.165, 1.54) is 74.6 Å². The second-order valence-corrected chi connectivity index (χ2v) is 7.01. The molecular formula is C18H33NS. The van der Waals surface area contributed by atoms with Crippen molar-refractivity contribution in [3.63, 3.8) is 0 Å². The van der Waals surface area contributed by atoms with Crippen LogP contribution in [0.15, 0.2) is 11.4 Å². The van der Waals surface area contributed by atoms with Crippen LogP contribution in [0.1, 0.15) is 87.6 Å². The van der Waals surface area contributed by atoms with E-state index in [2.05, 4.69) is 37.7 Å². The number of hydrogen-bond acceptors (Lipinski definition) is 2. The molecule has 1 nitrogen and oxygen atoms in total. The third kappa shape index (κ3) is 6.90. The number of aryl methyl sites for hydroxylation is 1. The monoisotopic (exact) mass is 295 g/mol. The van der Waals surface area contributed by atoms with Gasteiger partial charge in [-0.1, -0.05) is 64.7 Å². The average molecular weight is 296 g/mol. The lowest BCUT2D eigenvalue weighted by atomic mass is 10.00. The van der Waals surface area contributed by atoms with Crippen LogP contribution >= 0.6 is 11.3 Å². The molecule has 2 heteroatoms. The first-order valence-corrected chi connectivity index (χ1v) is 9.38. The molecule has 1 unspecified atom stereocenters. The lowest BCUT2D eigenvalue weighted by Crippen LogP contribution is -2.16. The first-order valence-electron chi connectivity index (χ1n) is 8.50. The number of unbranched alkanes of at least 4 members (excludes halogenated alkanes) is 8. The smallest absolute Gasteiger partial charge is 0.0328 e. The van der Waals surface area contributed by atoms with Crippen LogP contribution < -0.4 is 5.32 Å². The maximum Gasteiger partial charge on any atom is 0.0328 e. The van der Waals surface area contributed by atoms with Crippen molar-refractivity contribution in [1.82, 2.24) is 5.32 Å². The molecule has 0 aliphatic carbocycles. The van der Waals surface area contributed by atoms with Crippen LogP contribution in [0.3, 0.4) is 0 Å². The van der Waals surface area contributed by atoms with Gasteiger partial charge < -0.3 is 5.32 Å². The first kappa shape index (κ1) is 17.7. The molecule has 0 amide bonds. The van der Waals surface area contributed by atoms with Crippen molar-refractivity contribution in [3.8, 4) is 0 Å². The highest BCUT2D eigenvalue weighted by atomic mass is 32.1. The lowest BCUT2D eigenvalue weighted by molar-refractivity contribution is 0.493. The predicted octanol–water partition coefficient (Wildman–Crippen LogP) is 6.24. The zero-order chi connectivity index (χ0) is 14.6. The van der Waals surface area contributed by atoms with E-state index >= 15 is 0 Å². The van der Waals surface area contributed by atoms with Crippen LogP contribution in [0.4, 0.5) is 0 Å². The number of hydrogen-bond donors (Lipinski definition) is 1. The topological polar surface area (TPSA) is 12.0 Å². The molecule has 1 heterocycles. The van der Waals surface area contributed by atoms with E-state index in [-0.39, 0.29) is 0 Å². The van der Waals surface area contributed by atoms with Crippen LogP contribution in [0, 0.1) is 6.92 Å². The van der Waals surface area contributed by atoms with Gasteiger partial charge >= 0.3 is 0 Å². The van der Waals surface area contributed by atoms with Crippen molar-refractivity contribution in [2.45, 2.75) is 84.1 Å². The van der Waals surface area contributed by atoms with Crippen molar-refractivity contribution >= 4 is 11.3 Å². The fourth-order valence-corrected chi connectivity index (χ4v) is 3.64. The number of thiophene rings is 1. The molecule has 0 saturated carbocycles. The molecule has 0 aliphatic rings. The molecule has 1 rings (SSSR count). The summed E-state index contributed by atoms with van der Waals surface area (Å²) in [6.07, 6.45) is 14.0. The van der Waals surface area contributed by atoms with Crippen LogP contribution in [-0.4, -0.2) is 7.05 Å². The zero-order valence-corrected chi connectivity index (χ0v) is 14.5. The molecule has 0 aromatic carbocycles. The van der Waals surface area contributed by atoms with Gasteiger partial charge in [-0.2, -0.15) is 0 Å². The molecule has 0 spiro atoms. The summed E-state index contributed by atoms with van der Waals surface area (Å²) >= 11 is 1.86. The minimum atomic E-state index is 0.561. The van der Waals surface area contributed by atoms with Gasteiger partial charge in [0, 0.05) is 10.9 Å². The Labute approximate surface area is 130 Å². The van der Waals surface area contributed by atoms with Gasteiger partial charge in [-0.3, -0.25) is 0 Å². The van der Waals surface area contributed by atoms with E-state index in [0.717, 1.165) is 0 Å². The van der Waals surface area contributed by atoms with Crippen LogP contribution in [0.5, 0.6) is 0 Å². The molecule has 116 valence electrons. The van der Waals surface area contributed by atoms with Gasteiger partial charge in [-0.15, -0.1) is 11.3 Å². The van der Waals surface area contributed by atoms with Crippen molar-refractivity contribution in [3.05, 3.63) is 21.9 Å². The highest BCUT2D eigenvalue weighted by molar-refractivity contribution is 7.10. The van der Waals surface area contributed by atoms with Gasteiger partial charge in [0.1, 0.15) is 0 Å². The molecule has 1 N–H and O–H groups in total. The highest BCUT2D eigenvalue weighted by Crippen LogP contribution is 2.26. The van der Waals surface area contributed by atoms with Crippen molar-refractivity contribution < 1.29 is 0 Å². The van der Waals surface area contributed by atoms with E-state index in [4.69, 9.17) is 0 Å². The Morgan fingerprint density at radius 3 is 2.10 bits per heavy atom. The Balaban J connectivity index is 2.04. The van der Waals surface area contributed by atoms with E-state index < -0.39 is 0 Å². The quantitative estimate of drug-likeness (QED) is 0.450. The minimum absolute atomic E-state index is 0.561. The molecule has 1 aromatic rings. The lowest BCUT2D eigenvalue weighted by Gasteiger charge is -2.16. The largest absolute Gasteiger partial charge is 0.313 e. The van der Waals surface area contributed by atoms with E-state index in [1.54, 1.807) is 0 Å². The fourth-order valence-electron chi connectivity index (χ4n) is 2.87. The third-order valence-electron chi connectivity index (χ3n) is 4.22. The molecule has 1 aromatic heterocycles. The molecule has 1 atom stereocenters. The Morgan fingerprint density at radius 1 is 1.00 bits per heavy atom. The van der Waals surface area contributed by atoms with Crippen LogP contribution in [0.2, 0.25) is 0 Å². The maximum absolute atomic E-state index is 3.48. The van der Waals surface area contributed by atoms with Gasteiger partial charge in [0.15, 0.2) is 0 Å². The Morgan fingerprint density at radius 2 is 1.60 bits per heavy atom. The average Bonchev–Trinajstić information content (AvgIpc) is 2.87. The van der Waals surface area contributed by atoms with E-state index in [0.29, 0.717) is 6.04 Å². The van der Waals surface area contributed by atoms with Gasteiger partial charge in [0.25, 0.3) is 0 Å². The summed E-state index contributed by atoms with van der Waals surface area (Å²) in [7, 11) is 2.09. The van der Waals surface area contributed by atoms with Crippen molar-refractivity contribution in [1.29, 1.82) is 0 Å². The van der Waals surface area contributed by atoms with E-state index in [1.807, 2.05) is 11.3 Å². The molecule has 0 radical (unpaired) electrons. The van der Waals surface area contributed by atoms with Gasteiger partial charge in [-0.25, -0.2) is 0 Å². The zero-order valence-electron chi connectivity index (χ0n) is 13.7. The predicted molar refractivity (Wildman–Crippen MR) is 92.7 cm³/mol. The summed E-state index contributed by atoms with van der Waals surface area (Å²) < 4.78 is 0. The second-order valence-electron chi connectivity index (χ2n) is 5.89. The molecule has 0 fully saturated rings. The number of nitrogens with one attached hydrogen (secondary N) is 1. The molecule has 0 bridgehead atoms. The highest BCUT2D eigenvalue weighted by Gasteiger charge is 2.11. The van der Waals surface area contributed by atoms with Gasteiger partial charge in [0.05, 0.1) is 0 Å². The number of rotatable bonds is 12. The molecule has 20 heavy (non-hydrogen) atoms. The SMILES string of the molecule is CCCCCCCCCCCC(NC)c1ccsc1C. The molecule has 0 saturated heterocycles. The van der Waals surface area contributed by atoms with Crippen molar-refractivity contribution in [2.75, 3.05) is 7.05 Å². The normalized spacial score (nSPS) is 12.8. The Hall–Kier alpha value is -0.340. The standard InChI is InChI=1S/C18H33NS/c1-4-5-6-7-8-9-10-11-12-13-18(19-3)17-14-15-20-16(17)2/h14-15,18-19H,4-13H2,1-3H3. The maximum atomic E-state index is 3.48. The Bertz CT molecular complexity index is 332. The summed E-state index contributed by atoms with van der Waals surface area (Å²) in [5.74, 6) is 0. The second kappa shape index (κ2) is 11.3. The van der Waals surface area contributed by atoms with Crippen molar-refractivity contribution in [2.24, 2.45) is 0 Å². The van der Waals surface area contributed by atoms with E-state index in [9.17, 15) is 0 Å². The van der Waals surface area contributed by atoms with Crippen LogP contribution in [-0.2, 0) is 0 Å². The minimum Gasteiger partial charge on any atom is -0.313 e. The molecule has 0 aliphatic heterocycles. The third-order valence-corrected chi connectivity index (χ3v) is 5.08. The summed E-state index contributed by atoms with van der Waals surface area (Å²) in [4.78, 5) is 1.47. The summed E-state index contributed by atoms with van der Waals surface area (Å²) in [5, 5.41) is 5.69. The Kier molecular flexibility index (Phi) is 10.0. The molecular weight excluding hydrogens is 262 g/mol. The van der Waals surface area contributed by atoms with Crippen LogP contribution in [0.25, 0.3) is 0 Å². The summed E-state index contributed by atoms with van der Waals surface area (Å²) in [6.45, 7) is 4.52. The summed E-state index contributed by atoms with van der Waals surface area (Å²) in [5.41, 5.74) is 1.51. The van der Waals surface area contributed by atoms with Gasteiger partial charge in [-0.05, 0) is 37.4 Å². The first-order chi connectivity index (χ1) is 9.79. The summed E-state index contributed by atoms with van der Waals surface area (Å²) in [6, 6.07) is 2.85. The van der Waals surface area contributed by atoms with Gasteiger partial charge in [0.2, 0.25) is 0 Å².